The van der Waals surface area contributed by atoms with E-state index in [1.807, 2.05) is 61.5 Å². The van der Waals surface area contributed by atoms with Crippen LogP contribution in [0.25, 0.3) is 0 Å². The van der Waals surface area contributed by atoms with Crippen molar-refractivity contribution >= 4 is 11.9 Å². The Kier molecular flexibility index (Phi) is 6.29. The largest absolute Gasteiger partial charge is 0.457 e. The lowest BCUT2D eigenvalue weighted by Gasteiger charge is -2.38. The minimum Gasteiger partial charge on any atom is -0.457 e. The van der Waals surface area contributed by atoms with Crippen LogP contribution in [0.15, 0.2) is 11.6 Å². The number of carbonyl (C=O) groups is 2. The Hall–Kier alpha value is -1.32. The summed E-state index contributed by atoms with van der Waals surface area (Å²) >= 11 is 0. The smallest absolute Gasteiger partial charge is 0.347 e. The van der Waals surface area contributed by atoms with E-state index in [9.17, 15) is 9.59 Å². The van der Waals surface area contributed by atoms with E-state index >= 15 is 0 Å². The molecule has 1 aliphatic heterocycles. The minimum absolute atomic E-state index is 0.325. The van der Waals surface area contributed by atoms with Gasteiger partial charge in [0.25, 0.3) is 0 Å². The van der Waals surface area contributed by atoms with Gasteiger partial charge in [0.05, 0.1) is 5.41 Å². The van der Waals surface area contributed by atoms with Crippen molar-refractivity contribution in [3.8, 4) is 0 Å². The monoisotopic (exact) mass is 338 g/mol. The molecule has 4 heteroatoms. The molecule has 0 aromatic rings. The molecule has 3 atom stereocenters. The molecule has 0 bridgehead atoms. The summed E-state index contributed by atoms with van der Waals surface area (Å²) in [5.41, 5.74) is -0.530. The summed E-state index contributed by atoms with van der Waals surface area (Å²) in [6.45, 7) is 15.8. The molecule has 1 heterocycles. The van der Waals surface area contributed by atoms with Crippen LogP contribution in [0.1, 0.15) is 81.1 Å². The Bertz CT molecular complexity index is 510. The van der Waals surface area contributed by atoms with E-state index < -0.39 is 23.1 Å². The summed E-state index contributed by atoms with van der Waals surface area (Å²) < 4.78 is 11.3. The van der Waals surface area contributed by atoms with Crippen LogP contribution in [0.4, 0.5) is 0 Å². The van der Waals surface area contributed by atoms with E-state index in [1.54, 1.807) is 0 Å². The van der Waals surface area contributed by atoms with Crippen molar-refractivity contribution in [2.24, 2.45) is 10.8 Å². The van der Waals surface area contributed by atoms with E-state index in [4.69, 9.17) is 9.47 Å². The second-order valence-electron chi connectivity index (χ2n) is 8.68. The van der Waals surface area contributed by atoms with E-state index in [-0.39, 0.29) is 11.4 Å². The molecule has 0 amide bonds. The van der Waals surface area contributed by atoms with Crippen molar-refractivity contribution in [3.05, 3.63) is 11.6 Å². The fourth-order valence-electron chi connectivity index (χ4n) is 2.91. The molecule has 1 saturated heterocycles. The number of ether oxygens (including phenoxy) is 2. The van der Waals surface area contributed by atoms with Crippen LogP contribution in [-0.4, -0.2) is 23.6 Å². The van der Waals surface area contributed by atoms with Crippen molar-refractivity contribution in [2.75, 3.05) is 0 Å². The van der Waals surface area contributed by atoms with Gasteiger partial charge in [-0.05, 0) is 58.8 Å². The SMILES string of the molecule is CCC1(C)CCCC(OC(=O)C(C)(C=C(C)C)C(C)(C)C)C(=O)O1. The van der Waals surface area contributed by atoms with Crippen LogP contribution >= 0.6 is 0 Å². The zero-order valence-corrected chi connectivity index (χ0v) is 16.6. The maximum atomic E-state index is 12.9. The Balaban J connectivity index is 3.00. The predicted octanol–water partition coefficient (Wildman–Crippen LogP) is 4.81. The first-order valence-corrected chi connectivity index (χ1v) is 8.94. The molecule has 0 aromatic carbocycles. The number of hydrogen-bond donors (Lipinski definition) is 0. The Morgan fingerprint density at radius 2 is 1.92 bits per heavy atom. The van der Waals surface area contributed by atoms with E-state index in [0.29, 0.717) is 6.42 Å². The highest BCUT2D eigenvalue weighted by atomic mass is 16.6. The quantitative estimate of drug-likeness (QED) is 0.545. The summed E-state index contributed by atoms with van der Waals surface area (Å²) in [7, 11) is 0. The van der Waals surface area contributed by atoms with Crippen molar-refractivity contribution in [2.45, 2.75) is 92.8 Å². The lowest BCUT2D eigenvalue weighted by atomic mass is 9.67. The molecule has 3 unspecified atom stereocenters. The average Bonchev–Trinajstić information content (AvgIpc) is 2.56. The minimum atomic E-state index is -0.807. The molecule has 4 nitrogen and oxygen atoms in total. The number of allylic oxidation sites excluding steroid dienone is 1. The molecule has 0 saturated carbocycles. The maximum absolute atomic E-state index is 12.9. The van der Waals surface area contributed by atoms with Gasteiger partial charge in [-0.3, -0.25) is 4.79 Å². The van der Waals surface area contributed by atoms with Crippen LogP contribution in [0.3, 0.4) is 0 Å². The van der Waals surface area contributed by atoms with Crippen LogP contribution in [-0.2, 0) is 19.1 Å². The Morgan fingerprint density at radius 1 is 1.33 bits per heavy atom. The van der Waals surface area contributed by atoms with Crippen molar-refractivity contribution in [1.29, 1.82) is 0 Å². The molecular formula is C20H34O4. The predicted molar refractivity (Wildman–Crippen MR) is 95.5 cm³/mol. The van der Waals surface area contributed by atoms with Crippen LogP contribution in [0.5, 0.6) is 0 Å². The first-order chi connectivity index (χ1) is 10.8. The third-order valence-corrected chi connectivity index (χ3v) is 5.34. The number of esters is 2. The van der Waals surface area contributed by atoms with Gasteiger partial charge in [0, 0.05) is 0 Å². The summed E-state index contributed by atoms with van der Waals surface area (Å²) in [4.78, 5) is 25.3. The molecule has 0 aromatic heterocycles. The third-order valence-electron chi connectivity index (χ3n) is 5.34. The zero-order chi connectivity index (χ0) is 18.8. The molecule has 24 heavy (non-hydrogen) atoms. The lowest BCUT2D eigenvalue weighted by Crippen LogP contribution is -2.43. The number of carbonyl (C=O) groups excluding carboxylic acids is 2. The van der Waals surface area contributed by atoms with Gasteiger partial charge in [0.15, 0.2) is 6.10 Å². The van der Waals surface area contributed by atoms with Gasteiger partial charge in [-0.1, -0.05) is 39.3 Å². The standard InChI is InChI=1S/C20H34O4/c1-9-19(7)12-10-11-15(16(21)24-19)23-17(22)20(8,13-14(2)3)18(4,5)6/h13,15H,9-12H2,1-8H3. The summed E-state index contributed by atoms with van der Waals surface area (Å²) in [5, 5.41) is 0. The highest BCUT2D eigenvalue weighted by Crippen LogP contribution is 2.42. The van der Waals surface area contributed by atoms with Crippen LogP contribution in [0, 0.1) is 10.8 Å². The topological polar surface area (TPSA) is 52.6 Å². The summed E-state index contributed by atoms with van der Waals surface area (Å²) in [6, 6.07) is 0. The van der Waals surface area contributed by atoms with Crippen LogP contribution < -0.4 is 0 Å². The Labute approximate surface area is 147 Å². The third kappa shape index (κ3) is 4.61. The molecule has 1 rings (SSSR count). The molecule has 0 spiro atoms. The number of hydrogen-bond acceptors (Lipinski definition) is 4. The first kappa shape index (κ1) is 20.7. The summed E-state index contributed by atoms with van der Waals surface area (Å²) in [5.74, 6) is -0.781. The second-order valence-corrected chi connectivity index (χ2v) is 8.68. The molecular weight excluding hydrogens is 304 g/mol. The maximum Gasteiger partial charge on any atom is 0.347 e. The van der Waals surface area contributed by atoms with Gasteiger partial charge >= 0.3 is 11.9 Å². The fraction of sp³-hybridized carbons (Fsp3) is 0.800. The lowest BCUT2D eigenvalue weighted by molar-refractivity contribution is -0.181. The number of cyclic esters (lactones) is 1. The van der Waals surface area contributed by atoms with E-state index in [2.05, 4.69) is 0 Å². The van der Waals surface area contributed by atoms with E-state index in [1.165, 1.54) is 0 Å². The first-order valence-electron chi connectivity index (χ1n) is 8.94. The molecule has 0 aliphatic carbocycles. The fourth-order valence-corrected chi connectivity index (χ4v) is 2.91. The highest BCUT2D eigenvalue weighted by molar-refractivity contribution is 5.84. The van der Waals surface area contributed by atoms with Gasteiger partial charge < -0.3 is 9.47 Å². The van der Waals surface area contributed by atoms with Crippen molar-refractivity contribution in [3.63, 3.8) is 0 Å². The van der Waals surface area contributed by atoms with E-state index in [0.717, 1.165) is 24.8 Å². The number of rotatable bonds is 4. The molecule has 138 valence electrons. The average molecular weight is 338 g/mol. The van der Waals surface area contributed by atoms with Gasteiger partial charge in [-0.2, -0.15) is 0 Å². The van der Waals surface area contributed by atoms with Gasteiger partial charge in [-0.15, -0.1) is 0 Å². The van der Waals surface area contributed by atoms with Gasteiger partial charge in [0.2, 0.25) is 0 Å². The molecule has 1 fully saturated rings. The molecule has 0 radical (unpaired) electrons. The van der Waals surface area contributed by atoms with Crippen LogP contribution in [0.2, 0.25) is 0 Å². The second kappa shape index (κ2) is 7.28. The van der Waals surface area contributed by atoms with Gasteiger partial charge in [-0.25, -0.2) is 4.79 Å². The normalized spacial score (nSPS) is 27.5. The highest BCUT2D eigenvalue weighted by Gasteiger charge is 2.46. The van der Waals surface area contributed by atoms with Crippen molar-refractivity contribution < 1.29 is 19.1 Å². The molecule has 1 aliphatic rings. The van der Waals surface area contributed by atoms with Crippen molar-refractivity contribution in [1.82, 2.24) is 0 Å². The molecule has 0 N–H and O–H groups in total. The summed E-state index contributed by atoms with van der Waals surface area (Å²) in [6.07, 6.45) is 4.02. The Morgan fingerprint density at radius 3 is 2.38 bits per heavy atom. The van der Waals surface area contributed by atoms with Gasteiger partial charge in [0.1, 0.15) is 5.60 Å². The zero-order valence-electron chi connectivity index (χ0n) is 16.6.